The van der Waals surface area contributed by atoms with Crippen LogP contribution in [0.1, 0.15) is 37.9 Å². The lowest BCUT2D eigenvalue weighted by Crippen LogP contribution is -2.48. The molecule has 0 unspecified atom stereocenters. The smallest absolute Gasteiger partial charge is 0.305 e. The maximum Gasteiger partial charge on any atom is 0.305 e. The van der Waals surface area contributed by atoms with E-state index in [-0.39, 0.29) is 18.1 Å². The summed E-state index contributed by atoms with van der Waals surface area (Å²) in [5.74, 6) is -2.59. The second kappa shape index (κ2) is 9.49. The van der Waals surface area contributed by atoms with Crippen molar-refractivity contribution in [3.63, 3.8) is 0 Å². The van der Waals surface area contributed by atoms with E-state index in [1.165, 1.54) is 24.8 Å². The number of hydrogen-bond donors (Lipinski definition) is 2. The van der Waals surface area contributed by atoms with Crippen molar-refractivity contribution in [2.75, 3.05) is 13.1 Å². The number of benzene rings is 1. The van der Waals surface area contributed by atoms with Gasteiger partial charge in [-0.15, -0.1) is 0 Å². The zero-order valence-electron chi connectivity index (χ0n) is 16.2. The topological polar surface area (TPSA) is 122 Å². The number of nitrogens with zero attached hydrogens (tertiary/aromatic N) is 2. The van der Waals surface area contributed by atoms with Crippen molar-refractivity contribution in [3.05, 3.63) is 34.1 Å². The number of ether oxygens (including phenoxy) is 2. The molecule has 29 heavy (non-hydrogen) atoms. The minimum absolute atomic E-state index is 0.0327. The normalized spacial score (nSPS) is 21.0. The first-order chi connectivity index (χ1) is 13.5. The Balaban J connectivity index is 2.48. The fraction of sp³-hybridized carbons (Fsp3) is 0.500. The third-order valence-electron chi connectivity index (χ3n) is 4.52. The number of nitrogens with two attached hydrogens (primary N) is 1. The number of rotatable bonds is 7. The highest BCUT2D eigenvalue weighted by molar-refractivity contribution is 6.31. The van der Waals surface area contributed by atoms with Gasteiger partial charge in [-0.25, -0.2) is 14.2 Å². The summed E-state index contributed by atoms with van der Waals surface area (Å²) in [6, 6.07) is 1.66. The van der Waals surface area contributed by atoms with Crippen molar-refractivity contribution >= 4 is 29.4 Å². The Bertz CT molecular complexity index is 808. The van der Waals surface area contributed by atoms with Gasteiger partial charge in [-0.05, 0) is 24.6 Å². The third-order valence-corrected chi connectivity index (χ3v) is 4.85. The second-order valence-electron chi connectivity index (χ2n) is 6.62. The van der Waals surface area contributed by atoms with Gasteiger partial charge in [-0.3, -0.25) is 14.4 Å². The summed E-state index contributed by atoms with van der Waals surface area (Å²) in [6.07, 6.45) is -2.05. The van der Waals surface area contributed by atoms with Crippen molar-refractivity contribution in [3.8, 4) is 0 Å². The molecular formula is C18H23ClFN3O6. The number of carbonyl (C=O) groups is 3. The zero-order chi connectivity index (χ0) is 21.9. The Morgan fingerprint density at radius 1 is 1.31 bits per heavy atom. The van der Waals surface area contributed by atoms with Gasteiger partial charge in [0.1, 0.15) is 5.82 Å². The molecular weight excluding hydrogens is 409 g/mol. The fourth-order valence-corrected chi connectivity index (χ4v) is 3.61. The van der Waals surface area contributed by atoms with E-state index >= 15 is 0 Å². The Hall–Kier alpha value is -2.27. The molecule has 0 saturated carbocycles. The number of aliphatic hydroxyl groups excluding tert-OH is 1. The van der Waals surface area contributed by atoms with Gasteiger partial charge in [0.15, 0.2) is 6.23 Å². The van der Waals surface area contributed by atoms with Crippen LogP contribution < -0.4 is 5.73 Å². The van der Waals surface area contributed by atoms with Crippen LogP contribution in [-0.4, -0.2) is 58.4 Å². The molecule has 1 aliphatic heterocycles. The molecule has 0 spiro atoms. The molecule has 3 atom stereocenters. The van der Waals surface area contributed by atoms with Gasteiger partial charge >= 0.3 is 11.9 Å². The fourth-order valence-electron chi connectivity index (χ4n) is 3.34. The van der Waals surface area contributed by atoms with Gasteiger partial charge in [0.2, 0.25) is 12.3 Å². The quantitative estimate of drug-likeness (QED) is 0.610. The van der Waals surface area contributed by atoms with Crippen molar-refractivity contribution in [1.29, 1.82) is 0 Å². The number of halogens is 2. The summed E-state index contributed by atoms with van der Waals surface area (Å²) in [4.78, 5) is 37.6. The molecule has 3 N–H and O–H groups in total. The summed E-state index contributed by atoms with van der Waals surface area (Å²) < 4.78 is 24.6. The highest BCUT2D eigenvalue weighted by Gasteiger charge is 2.46. The molecule has 0 aliphatic carbocycles. The number of carbonyl (C=O) groups excluding carboxylic acids is 3. The largest absolute Gasteiger partial charge is 0.445 e. The number of primary amides is 1. The summed E-state index contributed by atoms with van der Waals surface area (Å²) in [6.45, 7) is 3.30. The third kappa shape index (κ3) is 5.41. The molecule has 0 aromatic heterocycles. The van der Waals surface area contributed by atoms with Gasteiger partial charge in [0, 0.05) is 30.5 Å². The van der Waals surface area contributed by atoms with Crippen molar-refractivity contribution in [2.45, 2.75) is 46.0 Å². The van der Waals surface area contributed by atoms with Gasteiger partial charge in [-0.2, -0.15) is 0 Å². The summed E-state index contributed by atoms with van der Waals surface area (Å²) in [7, 11) is 0. The minimum atomic E-state index is -1.12. The van der Waals surface area contributed by atoms with E-state index in [1.54, 1.807) is 11.8 Å². The van der Waals surface area contributed by atoms with Crippen molar-refractivity contribution in [1.82, 2.24) is 9.80 Å². The molecule has 1 heterocycles. The first kappa shape index (κ1) is 23.0. The number of amides is 1. The van der Waals surface area contributed by atoms with Crippen LogP contribution in [0.2, 0.25) is 5.02 Å². The molecule has 0 bridgehead atoms. The molecule has 0 radical (unpaired) electrons. The van der Waals surface area contributed by atoms with Crippen LogP contribution in [0.5, 0.6) is 0 Å². The molecule has 1 aromatic rings. The van der Waals surface area contributed by atoms with Crippen LogP contribution in [0, 0.1) is 5.82 Å². The predicted octanol–water partition coefficient (Wildman–Crippen LogP) is 0.871. The molecule has 1 aliphatic rings. The number of hydrogen-bond acceptors (Lipinski definition) is 8. The van der Waals surface area contributed by atoms with Crippen LogP contribution in [0.15, 0.2) is 12.1 Å². The van der Waals surface area contributed by atoms with Crippen LogP contribution in [0.25, 0.3) is 0 Å². The molecule has 1 fully saturated rings. The average Bonchev–Trinajstić information content (AvgIpc) is 2.89. The molecule has 1 aromatic carbocycles. The first-order valence-corrected chi connectivity index (χ1v) is 9.15. The van der Waals surface area contributed by atoms with Crippen molar-refractivity contribution in [2.24, 2.45) is 5.73 Å². The monoisotopic (exact) mass is 431 g/mol. The molecule has 1 amide bonds. The maximum atomic E-state index is 14.0. The lowest BCUT2D eigenvalue weighted by molar-refractivity contribution is -0.182. The second-order valence-corrected chi connectivity index (χ2v) is 7.03. The van der Waals surface area contributed by atoms with Crippen LogP contribution in [-0.2, 0) is 30.5 Å². The molecule has 1 saturated heterocycles. The predicted molar refractivity (Wildman–Crippen MR) is 99.5 cm³/mol. The van der Waals surface area contributed by atoms with E-state index in [0.29, 0.717) is 11.1 Å². The van der Waals surface area contributed by atoms with E-state index in [4.69, 9.17) is 26.8 Å². The van der Waals surface area contributed by atoms with Gasteiger partial charge in [0.05, 0.1) is 19.7 Å². The standard InChI is InChI=1S/C18H23ClFN3O6/c1-9(13-4-12(20)5-15(19)14(13)8-24)22-7-17(28-10(2)25)23(6-16(21)27)18(22)29-11(3)26/h4-5,9,17-18,24H,6-8H2,1-3H3,(H2,21,27)/t9-,17-,18-/m0/s1. The Morgan fingerprint density at radius 3 is 2.45 bits per heavy atom. The molecule has 2 rings (SSSR count). The summed E-state index contributed by atoms with van der Waals surface area (Å²) in [5, 5.41) is 9.73. The highest BCUT2D eigenvalue weighted by atomic mass is 35.5. The first-order valence-electron chi connectivity index (χ1n) is 8.78. The van der Waals surface area contributed by atoms with Crippen LogP contribution >= 0.6 is 11.6 Å². The van der Waals surface area contributed by atoms with E-state index < -0.39 is 48.9 Å². The Morgan fingerprint density at radius 2 is 1.93 bits per heavy atom. The van der Waals surface area contributed by atoms with E-state index in [9.17, 15) is 23.9 Å². The Kier molecular flexibility index (Phi) is 7.53. The van der Waals surface area contributed by atoms with E-state index in [0.717, 1.165) is 6.07 Å². The van der Waals surface area contributed by atoms with Crippen LogP contribution in [0.3, 0.4) is 0 Å². The summed E-state index contributed by atoms with van der Waals surface area (Å²) in [5.41, 5.74) is 5.96. The number of aliphatic hydroxyl groups is 1. The Labute approximate surface area is 172 Å². The average molecular weight is 432 g/mol. The minimum Gasteiger partial charge on any atom is -0.445 e. The number of esters is 2. The SMILES string of the molecule is CC(=O)O[C@@H]1N(CC(N)=O)[C@@H](OC(C)=O)CN1[C@@H](C)c1cc(F)cc(Cl)c1CO. The van der Waals surface area contributed by atoms with Gasteiger partial charge in [-0.1, -0.05) is 11.6 Å². The summed E-state index contributed by atoms with van der Waals surface area (Å²) >= 11 is 6.06. The maximum absolute atomic E-state index is 14.0. The van der Waals surface area contributed by atoms with E-state index in [2.05, 4.69) is 0 Å². The lowest BCUT2D eigenvalue weighted by Gasteiger charge is -2.33. The molecule has 160 valence electrons. The van der Waals surface area contributed by atoms with Gasteiger partial charge < -0.3 is 20.3 Å². The van der Waals surface area contributed by atoms with E-state index in [1.807, 2.05) is 0 Å². The lowest BCUT2D eigenvalue weighted by atomic mass is 10.0. The van der Waals surface area contributed by atoms with Crippen molar-refractivity contribution < 1.29 is 33.4 Å². The molecule has 11 heteroatoms. The zero-order valence-corrected chi connectivity index (χ0v) is 17.0. The molecule has 9 nitrogen and oxygen atoms in total. The highest BCUT2D eigenvalue weighted by Crippen LogP contribution is 2.35. The van der Waals surface area contributed by atoms with Gasteiger partial charge in [0.25, 0.3) is 0 Å². The van der Waals surface area contributed by atoms with Crippen LogP contribution in [0.4, 0.5) is 4.39 Å².